The van der Waals surface area contributed by atoms with Crippen LogP contribution in [0.5, 0.6) is 0 Å². The van der Waals surface area contributed by atoms with Crippen molar-refractivity contribution >= 4 is 11.8 Å². The van der Waals surface area contributed by atoms with Gasteiger partial charge in [0.05, 0.1) is 19.7 Å². The molecule has 0 N–H and O–H groups in total. The van der Waals surface area contributed by atoms with Crippen molar-refractivity contribution in [2.24, 2.45) is 11.8 Å². The molecule has 0 bridgehead atoms. The van der Waals surface area contributed by atoms with Gasteiger partial charge in [0.25, 0.3) is 0 Å². The first-order valence-electron chi connectivity index (χ1n) is 11.2. The Balaban J connectivity index is 1.70. The lowest BCUT2D eigenvalue weighted by Crippen LogP contribution is -2.45. The molecule has 6 heteroatoms. The van der Waals surface area contributed by atoms with Gasteiger partial charge >= 0.3 is 0 Å². The van der Waals surface area contributed by atoms with E-state index >= 15 is 0 Å². The molecule has 1 saturated carbocycles. The van der Waals surface area contributed by atoms with E-state index in [1.165, 1.54) is 5.56 Å². The second-order valence-electron chi connectivity index (χ2n) is 8.81. The monoisotopic (exact) mass is 425 g/mol. The second-order valence-corrected chi connectivity index (χ2v) is 8.81. The van der Waals surface area contributed by atoms with Gasteiger partial charge in [0.15, 0.2) is 0 Å². The average Bonchev–Trinajstić information content (AvgIpc) is 3.51. The summed E-state index contributed by atoms with van der Waals surface area (Å²) in [5.41, 5.74) is 2.28. The Labute approximate surface area is 185 Å². The number of ether oxygens (including phenoxy) is 1. The standard InChI is InChI=1S/C25H35N3O3/c1-20(2)16-28(25(30)22-11-12-22)19-24(29)27(14-15-31-3)18-23-10-7-13-26(23)17-21-8-5-4-6-9-21/h4-10,13,20,22H,11-12,14-19H2,1-3H3. The second kappa shape index (κ2) is 11.1. The van der Waals surface area contributed by atoms with Crippen LogP contribution in [0.3, 0.4) is 0 Å². The predicted octanol–water partition coefficient (Wildman–Crippen LogP) is 3.41. The smallest absolute Gasteiger partial charge is 0.242 e. The highest BCUT2D eigenvalue weighted by molar-refractivity contribution is 5.87. The molecule has 2 amide bonds. The average molecular weight is 426 g/mol. The summed E-state index contributed by atoms with van der Waals surface area (Å²) in [6.45, 7) is 7.13. The van der Waals surface area contributed by atoms with Gasteiger partial charge in [-0.25, -0.2) is 0 Å². The Morgan fingerprint density at radius 2 is 1.84 bits per heavy atom. The van der Waals surface area contributed by atoms with Crippen molar-refractivity contribution in [3.05, 3.63) is 59.9 Å². The number of hydrogen-bond acceptors (Lipinski definition) is 3. The zero-order chi connectivity index (χ0) is 22.2. The fourth-order valence-corrected chi connectivity index (χ4v) is 3.74. The first kappa shape index (κ1) is 23.1. The Morgan fingerprint density at radius 3 is 2.48 bits per heavy atom. The van der Waals surface area contributed by atoms with Crippen molar-refractivity contribution in [2.75, 3.05) is 33.4 Å². The van der Waals surface area contributed by atoms with Crippen LogP contribution in [0.1, 0.15) is 37.9 Å². The van der Waals surface area contributed by atoms with Gasteiger partial charge in [-0.15, -0.1) is 0 Å². The summed E-state index contributed by atoms with van der Waals surface area (Å²) in [5.74, 6) is 0.536. The van der Waals surface area contributed by atoms with Gasteiger partial charge in [-0.1, -0.05) is 44.2 Å². The molecule has 0 radical (unpaired) electrons. The van der Waals surface area contributed by atoms with Crippen molar-refractivity contribution in [3.8, 4) is 0 Å². The Bertz CT molecular complexity index is 843. The van der Waals surface area contributed by atoms with E-state index in [0.717, 1.165) is 25.1 Å². The van der Waals surface area contributed by atoms with Crippen molar-refractivity contribution in [1.29, 1.82) is 0 Å². The van der Waals surface area contributed by atoms with Gasteiger partial charge in [0.2, 0.25) is 11.8 Å². The lowest BCUT2D eigenvalue weighted by molar-refractivity contribution is -0.142. The molecule has 0 atom stereocenters. The summed E-state index contributed by atoms with van der Waals surface area (Å²) >= 11 is 0. The van der Waals surface area contributed by atoms with E-state index in [1.54, 1.807) is 12.0 Å². The van der Waals surface area contributed by atoms with Crippen LogP contribution in [0.2, 0.25) is 0 Å². The summed E-state index contributed by atoms with van der Waals surface area (Å²) in [6, 6.07) is 14.4. The van der Waals surface area contributed by atoms with E-state index in [-0.39, 0.29) is 24.3 Å². The first-order valence-corrected chi connectivity index (χ1v) is 11.2. The fraction of sp³-hybridized carbons (Fsp3) is 0.520. The van der Waals surface area contributed by atoms with Crippen molar-refractivity contribution < 1.29 is 14.3 Å². The third-order valence-electron chi connectivity index (χ3n) is 5.54. The van der Waals surface area contributed by atoms with Gasteiger partial charge in [0, 0.05) is 44.6 Å². The molecule has 1 heterocycles. The van der Waals surface area contributed by atoms with Gasteiger partial charge in [0.1, 0.15) is 0 Å². The lowest BCUT2D eigenvalue weighted by Gasteiger charge is -2.29. The molecule has 1 aromatic carbocycles. The van der Waals surface area contributed by atoms with Crippen LogP contribution in [0.15, 0.2) is 48.7 Å². The molecule has 0 spiro atoms. The van der Waals surface area contributed by atoms with E-state index in [9.17, 15) is 9.59 Å². The van der Waals surface area contributed by atoms with Crippen LogP contribution in [0, 0.1) is 11.8 Å². The highest BCUT2D eigenvalue weighted by Gasteiger charge is 2.34. The number of hydrogen-bond donors (Lipinski definition) is 0. The minimum Gasteiger partial charge on any atom is -0.383 e. The molecule has 0 unspecified atom stereocenters. The number of carbonyl (C=O) groups excluding carboxylic acids is 2. The molecule has 168 valence electrons. The number of benzene rings is 1. The molecule has 0 saturated heterocycles. The molecule has 1 aliphatic rings. The molecular formula is C25H35N3O3. The molecule has 0 aliphatic heterocycles. The predicted molar refractivity (Wildman–Crippen MR) is 121 cm³/mol. The van der Waals surface area contributed by atoms with Crippen molar-refractivity contribution in [3.63, 3.8) is 0 Å². The maximum Gasteiger partial charge on any atom is 0.242 e. The summed E-state index contributed by atoms with van der Waals surface area (Å²) in [4.78, 5) is 29.5. The van der Waals surface area contributed by atoms with Crippen LogP contribution >= 0.6 is 0 Å². The zero-order valence-corrected chi connectivity index (χ0v) is 19.0. The molecular weight excluding hydrogens is 390 g/mol. The van der Waals surface area contributed by atoms with E-state index in [2.05, 4.69) is 36.6 Å². The van der Waals surface area contributed by atoms with E-state index in [0.29, 0.717) is 32.2 Å². The Morgan fingerprint density at radius 1 is 1.10 bits per heavy atom. The Kier molecular flexibility index (Phi) is 8.29. The van der Waals surface area contributed by atoms with Crippen LogP contribution in [0.4, 0.5) is 0 Å². The third-order valence-corrected chi connectivity index (χ3v) is 5.54. The van der Waals surface area contributed by atoms with Crippen LogP contribution in [-0.2, 0) is 27.4 Å². The molecule has 6 nitrogen and oxygen atoms in total. The number of rotatable bonds is 12. The van der Waals surface area contributed by atoms with Crippen LogP contribution in [-0.4, -0.2) is 59.5 Å². The van der Waals surface area contributed by atoms with Gasteiger partial charge in [-0.2, -0.15) is 0 Å². The molecule has 2 aromatic rings. The fourth-order valence-electron chi connectivity index (χ4n) is 3.74. The van der Waals surface area contributed by atoms with Crippen LogP contribution in [0.25, 0.3) is 0 Å². The molecule has 1 fully saturated rings. The highest BCUT2D eigenvalue weighted by Crippen LogP contribution is 2.31. The maximum absolute atomic E-state index is 13.3. The largest absolute Gasteiger partial charge is 0.383 e. The quantitative estimate of drug-likeness (QED) is 0.524. The molecule has 3 rings (SSSR count). The van der Waals surface area contributed by atoms with Crippen LogP contribution < -0.4 is 0 Å². The minimum absolute atomic E-state index is 0.0286. The summed E-state index contributed by atoms with van der Waals surface area (Å²) < 4.78 is 7.42. The lowest BCUT2D eigenvalue weighted by atomic mass is 10.2. The summed E-state index contributed by atoms with van der Waals surface area (Å²) in [6.07, 6.45) is 3.94. The number of aromatic nitrogens is 1. The van der Waals surface area contributed by atoms with Crippen molar-refractivity contribution in [1.82, 2.24) is 14.4 Å². The number of carbonyl (C=O) groups is 2. The normalized spacial score (nSPS) is 13.4. The van der Waals surface area contributed by atoms with Gasteiger partial charge in [-0.05, 0) is 36.5 Å². The van der Waals surface area contributed by atoms with Crippen molar-refractivity contribution in [2.45, 2.75) is 39.8 Å². The SMILES string of the molecule is COCCN(Cc1cccn1Cc1ccccc1)C(=O)CN(CC(C)C)C(=O)C1CC1. The van der Waals surface area contributed by atoms with Gasteiger partial charge < -0.3 is 19.1 Å². The topological polar surface area (TPSA) is 54.8 Å². The zero-order valence-electron chi connectivity index (χ0n) is 19.0. The van der Waals surface area contributed by atoms with E-state index in [1.807, 2.05) is 35.4 Å². The molecule has 1 aromatic heterocycles. The first-order chi connectivity index (χ1) is 15.0. The third kappa shape index (κ3) is 6.96. The van der Waals surface area contributed by atoms with E-state index in [4.69, 9.17) is 4.74 Å². The molecule has 31 heavy (non-hydrogen) atoms. The summed E-state index contributed by atoms with van der Waals surface area (Å²) in [5, 5.41) is 0. The highest BCUT2D eigenvalue weighted by atomic mass is 16.5. The minimum atomic E-state index is -0.0286. The number of amides is 2. The maximum atomic E-state index is 13.3. The summed E-state index contributed by atoms with van der Waals surface area (Å²) in [7, 11) is 1.64. The van der Waals surface area contributed by atoms with Gasteiger partial charge in [-0.3, -0.25) is 9.59 Å². The molecule has 1 aliphatic carbocycles. The number of nitrogens with zero attached hydrogens (tertiary/aromatic N) is 3. The Hall–Kier alpha value is -2.60. The number of methoxy groups -OCH3 is 1. The van der Waals surface area contributed by atoms with E-state index < -0.39 is 0 Å².